The highest BCUT2D eigenvalue weighted by Gasteiger charge is 2.33. The molecule has 20 heavy (non-hydrogen) atoms. The number of ether oxygens (including phenoxy) is 1. The van der Waals surface area contributed by atoms with E-state index in [-0.39, 0.29) is 40.4 Å². The Kier molecular flexibility index (Phi) is 4.24. The zero-order chi connectivity index (χ0) is 14.9. The van der Waals surface area contributed by atoms with Crippen LogP contribution in [0, 0.1) is 0 Å². The first kappa shape index (κ1) is 15.1. The third-order valence-corrected chi connectivity index (χ3v) is 6.10. The number of ketones is 1. The second-order valence-electron chi connectivity index (χ2n) is 4.61. The molecule has 1 saturated heterocycles. The summed E-state index contributed by atoms with van der Waals surface area (Å²) in [5.74, 6) is -0.980. The van der Waals surface area contributed by atoms with Crippen molar-refractivity contribution in [2.45, 2.75) is 26.2 Å². The summed E-state index contributed by atoms with van der Waals surface area (Å²) >= 11 is 1.09. The summed E-state index contributed by atoms with van der Waals surface area (Å²) in [5, 5.41) is 0.527. The van der Waals surface area contributed by atoms with E-state index in [9.17, 15) is 18.0 Å². The summed E-state index contributed by atoms with van der Waals surface area (Å²) in [4.78, 5) is 27.7. The van der Waals surface area contributed by atoms with Gasteiger partial charge in [-0.2, -0.15) is 0 Å². The number of esters is 1. The Bertz CT molecular complexity index is 647. The molecule has 0 amide bonds. The van der Waals surface area contributed by atoms with Gasteiger partial charge in [-0.25, -0.2) is 18.2 Å². The zero-order valence-electron chi connectivity index (χ0n) is 11.2. The minimum Gasteiger partial charge on any atom is -0.461 e. The van der Waals surface area contributed by atoms with Gasteiger partial charge in [0, 0.05) is 12.8 Å². The molecule has 1 fully saturated rings. The highest BCUT2D eigenvalue weighted by molar-refractivity contribution is 7.91. The van der Waals surface area contributed by atoms with Crippen molar-refractivity contribution >= 4 is 32.9 Å². The number of thiazole rings is 1. The Morgan fingerprint density at radius 1 is 1.45 bits per heavy atom. The van der Waals surface area contributed by atoms with Crippen LogP contribution >= 0.6 is 11.3 Å². The fourth-order valence-corrected chi connectivity index (χ4v) is 5.01. The van der Waals surface area contributed by atoms with Crippen LogP contribution in [0.2, 0.25) is 0 Å². The molecular formula is C12H15NO5S2. The molecule has 1 aromatic rings. The van der Waals surface area contributed by atoms with E-state index in [1.54, 1.807) is 6.92 Å². The minimum atomic E-state index is -3.03. The fourth-order valence-electron chi connectivity index (χ4n) is 2.08. The second kappa shape index (κ2) is 5.61. The van der Waals surface area contributed by atoms with Crippen molar-refractivity contribution in [3.8, 4) is 0 Å². The van der Waals surface area contributed by atoms with Crippen molar-refractivity contribution in [2.75, 3.05) is 18.1 Å². The van der Waals surface area contributed by atoms with E-state index >= 15 is 0 Å². The van der Waals surface area contributed by atoms with Crippen LogP contribution in [-0.4, -0.2) is 43.3 Å². The lowest BCUT2D eigenvalue weighted by Crippen LogP contribution is -2.10. The quantitative estimate of drug-likeness (QED) is 0.616. The van der Waals surface area contributed by atoms with Crippen LogP contribution in [-0.2, 0) is 14.6 Å². The van der Waals surface area contributed by atoms with Gasteiger partial charge in [0.1, 0.15) is 4.88 Å². The smallest absolute Gasteiger partial charge is 0.358 e. The van der Waals surface area contributed by atoms with Gasteiger partial charge in [-0.05, 0) is 13.3 Å². The van der Waals surface area contributed by atoms with Gasteiger partial charge in [0.2, 0.25) is 0 Å². The lowest BCUT2D eigenvalue weighted by Gasteiger charge is -2.01. The van der Waals surface area contributed by atoms with Crippen LogP contribution < -0.4 is 0 Å². The molecule has 0 aliphatic carbocycles. The summed E-state index contributed by atoms with van der Waals surface area (Å²) in [7, 11) is -3.03. The second-order valence-corrected chi connectivity index (χ2v) is 7.87. The Balaban J connectivity index is 2.35. The van der Waals surface area contributed by atoms with Gasteiger partial charge in [0.05, 0.1) is 23.1 Å². The van der Waals surface area contributed by atoms with Gasteiger partial charge in [0.15, 0.2) is 21.3 Å². The topological polar surface area (TPSA) is 90.4 Å². The molecule has 0 saturated carbocycles. The Morgan fingerprint density at radius 3 is 2.65 bits per heavy atom. The average molecular weight is 317 g/mol. The molecule has 1 aliphatic rings. The Morgan fingerprint density at radius 2 is 2.15 bits per heavy atom. The molecule has 2 rings (SSSR count). The summed E-state index contributed by atoms with van der Waals surface area (Å²) in [6, 6.07) is 0. The van der Waals surface area contributed by atoms with Gasteiger partial charge in [0.25, 0.3) is 0 Å². The van der Waals surface area contributed by atoms with Crippen LogP contribution in [0.3, 0.4) is 0 Å². The zero-order valence-corrected chi connectivity index (χ0v) is 12.8. The monoisotopic (exact) mass is 317 g/mol. The van der Waals surface area contributed by atoms with Crippen molar-refractivity contribution in [3.63, 3.8) is 0 Å². The molecule has 0 spiro atoms. The molecule has 1 unspecified atom stereocenters. The van der Waals surface area contributed by atoms with Crippen molar-refractivity contribution in [3.05, 3.63) is 15.6 Å². The number of hydrogen-bond donors (Lipinski definition) is 0. The number of Topliss-reactive ketones (excluding diaryl/α,β-unsaturated/α-hetero) is 1. The SMILES string of the molecule is CCOC(=O)c1nc(C2CCS(=O)(=O)C2)sc1C(C)=O. The van der Waals surface area contributed by atoms with Crippen molar-refractivity contribution < 1.29 is 22.7 Å². The number of rotatable bonds is 4. The Hall–Kier alpha value is -1.28. The summed E-state index contributed by atoms with van der Waals surface area (Å²) in [6.07, 6.45) is 0.482. The van der Waals surface area contributed by atoms with Crippen LogP contribution in [0.4, 0.5) is 0 Å². The lowest BCUT2D eigenvalue weighted by molar-refractivity contribution is 0.0517. The largest absolute Gasteiger partial charge is 0.461 e. The molecule has 110 valence electrons. The number of sulfone groups is 1. The van der Waals surface area contributed by atoms with E-state index < -0.39 is 15.8 Å². The summed E-state index contributed by atoms with van der Waals surface area (Å²) in [5.41, 5.74) is 0.00338. The maximum atomic E-state index is 11.8. The number of aromatic nitrogens is 1. The molecule has 8 heteroatoms. The van der Waals surface area contributed by atoms with Crippen LogP contribution in [0.15, 0.2) is 0 Å². The molecule has 1 atom stereocenters. The van der Waals surface area contributed by atoms with Crippen LogP contribution in [0.5, 0.6) is 0 Å². The summed E-state index contributed by atoms with van der Waals surface area (Å²) in [6.45, 7) is 3.22. The minimum absolute atomic E-state index is 0.00338. The highest BCUT2D eigenvalue weighted by atomic mass is 32.2. The molecule has 0 bridgehead atoms. The van der Waals surface area contributed by atoms with Gasteiger partial charge in [-0.1, -0.05) is 0 Å². The molecule has 0 aromatic carbocycles. The fraction of sp³-hybridized carbons (Fsp3) is 0.583. The van der Waals surface area contributed by atoms with E-state index in [0.717, 1.165) is 11.3 Å². The van der Waals surface area contributed by atoms with Crippen LogP contribution in [0.25, 0.3) is 0 Å². The summed E-state index contributed by atoms with van der Waals surface area (Å²) < 4.78 is 27.9. The third-order valence-electron chi connectivity index (χ3n) is 3.01. The molecule has 2 heterocycles. The van der Waals surface area contributed by atoms with E-state index in [1.165, 1.54) is 6.92 Å². The van der Waals surface area contributed by atoms with Crippen LogP contribution in [0.1, 0.15) is 51.4 Å². The number of hydrogen-bond acceptors (Lipinski definition) is 7. The number of carbonyl (C=O) groups excluding carboxylic acids is 2. The predicted molar refractivity (Wildman–Crippen MR) is 74.1 cm³/mol. The van der Waals surface area contributed by atoms with Crippen molar-refractivity contribution in [1.29, 1.82) is 0 Å². The highest BCUT2D eigenvalue weighted by Crippen LogP contribution is 2.33. The molecule has 0 N–H and O–H groups in total. The van der Waals surface area contributed by atoms with E-state index in [0.29, 0.717) is 11.4 Å². The van der Waals surface area contributed by atoms with E-state index in [4.69, 9.17) is 4.74 Å². The van der Waals surface area contributed by atoms with E-state index in [2.05, 4.69) is 4.98 Å². The normalized spacial score (nSPS) is 20.8. The number of nitrogens with zero attached hydrogens (tertiary/aromatic N) is 1. The van der Waals surface area contributed by atoms with Crippen molar-refractivity contribution in [2.24, 2.45) is 0 Å². The molecule has 0 radical (unpaired) electrons. The first-order valence-electron chi connectivity index (χ1n) is 6.23. The molecular weight excluding hydrogens is 302 g/mol. The number of carbonyl (C=O) groups is 2. The molecule has 1 aromatic heterocycles. The van der Waals surface area contributed by atoms with Gasteiger partial charge in [-0.3, -0.25) is 4.79 Å². The maximum Gasteiger partial charge on any atom is 0.358 e. The predicted octanol–water partition coefficient (Wildman–Crippen LogP) is 1.42. The standard InChI is InChI=1S/C12H15NO5S2/c1-3-18-12(15)9-10(7(2)14)19-11(13-9)8-4-5-20(16,17)6-8/h8H,3-6H2,1-2H3. The van der Waals surface area contributed by atoms with Gasteiger partial charge < -0.3 is 4.74 Å². The van der Waals surface area contributed by atoms with E-state index in [1.807, 2.05) is 0 Å². The first-order chi connectivity index (χ1) is 9.34. The maximum absolute atomic E-state index is 11.8. The average Bonchev–Trinajstić information content (AvgIpc) is 2.92. The van der Waals surface area contributed by atoms with Gasteiger partial charge in [-0.15, -0.1) is 11.3 Å². The van der Waals surface area contributed by atoms with Crippen molar-refractivity contribution in [1.82, 2.24) is 4.98 Å². The lowest BCUT2D eigenvalue weighted by atomic mass is 10.1. The molecule has 1 aliphatic heterocycles. The third kappa shape index (κ3) is 3.06. The molecule has 6 nitrogen and oxygen atoms in total. The Labute approximate surface area is 121 Å². The van der Waals surface area contributed by atoms with Gasteiger partial charge >= 0.3 is 5.97 Å². The first-order valence-corrected chi connectivity index (χ1v) is 8.87.